The Hall–Kier alpha value is -2.93. The van der Waals surface area contributed by atoms with E-state index in [0.717, 1.165) is 16.0 Å². The van der Waals surface area contributed by atoms with Crippen LogP contribution in [0.5, 0.6) is 0 Å². The molecule has 0 aliphatic heterocycles. The highest BCUT2D eigenvalue weighted by Gasteiger charge is 2.14. The van der Waals surface area contributed by atoms with Crippen LogP contribution in [-0.4, -0.2) is 25.5 Å². The number of halogens is 1. The first-order valence-corrected chi connectivity index (χ1v) is 7.94. The first-order valence-electron chi connectivity index (χ1n) is 7.56. The summed E-state index contributed by atoms with van der Waals surface area (Å²) in [4.78, 5) is 17.5. The fourth-order valence-electron chi connectivity index (χ4n) is 2.28. The third kappa shape index (κ3) is 3.61. The molecular weight excluding hydrogens is 342 g/mol. The van der Waals surface area contributed by atoms with Gasteiger partial charge in [0.05, 0.1) is 11.4 Å². The molecule has 0 aliphatic rings. The van der Waals surface area contributed by atoms with E-state index >= 15 is 0 Å². The lowest BCUT2D eigenvalue weighted by Gasteiger charge is -2.09. The summed E-state index contributed by atoms with van der Waals surface area (Å²) >= 11 is 6.27. The molecule has 0 N–H and O–H groups in total. The van der Waals surface area contributed by atoms with E-state index in [0.29, 0.717) is 16.3 Å². The first-order chi connectivity index (χ1) is 12.1. The topological polar surface area (TPSA) is 74.3 Å². The Labute approximate surface area is 149 Å². The van der Waals surface area contributed by atoms with Gasteiger partial charge in [0.25, 0.3) is 0 Å². The number of oxime groups is 1. The molecular formula is C17H16ClN5O2. The summed E-state index contributed by atoms with van der Waals surface area (Å²) in [6.45, 7) is 1.96. The summed E-state index contributed by atoms with van der Waals surface area (Å²) in [5, 5.41) is 12.1. The maximum absolute atomic E-state index is 12.1. The molecule has 8 heteroatoms. The van der Waals surface area contributed by atoms with Gasteiger partial charge < -0.3 is 4.84 Å². The van der Waals surface area contributed by atoms with Crippen molar-refractivity contribution in [2.75, 3.05) is 0 Å². The molecule has 0 bridgehead atoms. The molecule has 0 saturated heterocycles. The van der Waals surface area contributed by atoms with Gasteiger partial charge in [-0.05, 0) is 35.0 Å². The molecule has 0 saturated carbocycles. The van der Waals surface area contributed by atoms with Crippen molar-refractivity contribution in [1.82, 2.24) is 19.8 Å². The maximum Gasteiger partial charge on any atom is 0.368 e. The van der Waals surface area contributed by atoms with E-state index in [1.807, 2.05) is 37.3 Å². The van der Waals surface area contributed by atoms with Crippen molar-refractivity contribution in [2.45, 2.75) is 13.5 Å². The lowest BCUT2D eigenvalue weighted by molar-refractivity contribution is 0.130. The van der Waals surface area contributed by atoms with E-state index in [1.54, 1.807) is 18.2 Å². The third-order valence-electron chi connectivity index (χ3n) is 3.65. The molecule has 3 aromatic rings. The van der Waals surface area contributed by atoms with Gasteiger partial charge in [-0.1, -0.05) is 53.2 Å². The molecule has 1 heterocycles. The second kappa shape index (κ2) is 7.31. The Morgan fingerprint density at radius 2 is 1.92 bits per heavy atom. The van der Waals surface area contributed by atoms with E-state index in [1.165, 1.54) is 11.7 Å². The molecule has 0 spiro atoms. The van der Waals surface area contributed by atoms with Crippen LogP contribution < -0.4 is 5.69 Å². The molecule has 25 heavy (non-hydrogen) atoms. The van der Waals surface area contributed by atoms with Crippen molar-refractivity contribution in [3.63, 3.8) is 0 Å². The summed E-state index contributed by atoms with van der Waals surface area (Å²) < 4.78 is 2.32. The number of aromatic nitrogens is 4. The number of benzene rings is 2. The second-order valence-electron chi connectivity index (χ2n) is 5.35. The zero-order valence-corrected chi connectivity index (χ0v) is 14.5. The van der Waals surface area contributed by atoms with Gasteiger partial charge in [-0.25, -0.2) is 4.79 Å². The summed E-state index contributed by atoms with van der Waals surface area (Å²) in [7, 11) is 1.53. The minimum atomic E-state index is -0.368. The van der Waals surface area contributed by atoms with Crippen LogP contribution in [0, 0.1) is 0 Å². The number of tetrazole rings is 1. The highest BCUT2D eigenvalue weighted by molar-refractivity contribution is 6.31. The van der Waals surface area contributed by atoms with Gasteiger partial charge in [0.15, 0.2) is 0 Å². The van der Waals surface area contributed by atoms with Crippen molar-refractivity contribution in [3.8, 4) is 5.69 Å². The number of aryl methyl sites for hydroxylation is 1. The average molecular weight is 358 g/mol. The molecule has 128 valence electrons. The van der Waals surface area contributed by atoms with Crippen molar-refractivity contribution >= 4 is 17.3 Å². The predicted molar refractivity (Wildman–Crippen MR) is 95.1 cm³/mol. The normalized spacial score (nSPS) is 11.6. The van der Waals surface area contributed by atoms with E-state index < -0.39 is 0 Å². The number of hydrogen-bond acceptors (Lipinski definition) is 5. The van der Waals surface area contributed by atoms with Gasteiger partial charge in [-0.15, -0.1) is 0 Å². The molecule has 3 rings (SSSR count). The van der Waals surface area contributed by atoms with E-state index in [9.17, 15) is 4.79 Å². The lowest BCUT2D eigenvalue weighted by atomic mass is 10.1. The summed E-state index contributed by atoms with van der Waals surface area (Å²) in [5.74, 6) is 0. The zero-order chi connectivity index (χ0) is 17.8. The van der Waals surface area contributed by atoms with E-state index in [4.69, 9.17) is 16.4 Å². The Kier molecular flexibility index (Phi) is 4.95. The molecule has 0 aliphatic carbocycles. The molecule has 0 unspecified atom stereocenters. The van der Waals surface area contributed by atoms with Crippen molar-refractivity contribution in [3.05, 3.63) is 75.2 Å². The number of hydrogen-bond donors (Lipinski definition) is 0. The summed E-state index contributed by atoms with van der Waals surface area (Å²) in [6, 6.07) is 14.9. The molecule has 0 fully saturated rings. The largest absolute Gasteiger partial charge is 0.391 e. The van der Waals surface area contributed by atoms with Crippen LogP contribution in [-0.2, 0) is 18.5 Å². The van der Waals surface area contributed by atoms with Gasteiger partial charge in [0.1, 0.15) is 6.61 Å². The minimum Gasteiger partial charge on any atom is -0.391 e. The van der Waals surface area contributed by atoms with Gasteiger partial charge in [-0.2, -0.15) is 9.36 Å². The van der Waals surface area contributed by atoms with Crippen molar-refractivity contribution < 1.29 is 4.84 Å². The highest BCUT2D eigenvalue weighted by Crippen LogP contribution is 2.23. The standard InChI is InChI=1S/C17H16ClN5O2/c1-12(13-7-4-3-5-8-13)19-25-11-14-15(18)9-6-10-16(14)23-17(24)22(2)20-21-23/h3-10H,11H2,1-2H3/b19-12+. The fourth-order valence-corrected chi connectivity index (χ4v) is 2.50. The Morgan fingerprint density at radius 3 is 2.60 bits per heavy atom. The van der Waals surface area contributed by atoms with Gasteiger partial charge in [0, 0.05) is 17.6 Å². The average Bonchev–Trinajstić information content (AvgIpc) is 2.96. The Bertz CT molecular complexity index is 963. The van der Waals surface area contributed by atoms with Gasteiger partial charge >= 0.3 is 5.69 Å². The van der Waals surface area contributed by atoms with E-state index in [2.05, 4.69) is 15.6 Å². The Balaban J connectivity index is 1.86. The molecule has 1 aromatic heterocycles. The lowest BCUT2D eigenvalue weighted by Crippen LogP contribution is -2.23. The molecule has 0 radical (unpaired) electrons. The van der Waals surface area contributed by atoms with Crippen LogP contribution in [0.3, 0.4) is 0 Å². The summed E-state index contributed by atoms with van der Waals surface area (Å²) in [5.41, 5.74) is 2.46. The maximum atomic E-state index is 12.1. The van der Waals surface area contributed by atoms with E-state index in [-0.39, 0.29) is 12.3 Å². The van der Waals surface area contributed by atoms with Crippen LogP contribution in [0.4, 0.5) is 0 Å². The second-order valence-corrected chi connectivity index (χ2v) is 5.76. The fraction of sp³-hybridized carbons (Fsp3) is 0.176. The number of rotatable bonds is 5. The molecule has 0 atom stereocenters. The zero-order valence-electron chi connectivity index (χ0n) is 13.8. The van der Waals surface area contributed by atoms with Gasteiger partial charge in [0.2, 0.25) is 0 Å². The summed E-state index contributed by atoms with van der Waals surface area (Å²) in [6.07, 6.45) is 0. The predicted octanol–water partition coefficient (Wildman–Crippen LogP) is 2.56. The molecule has 2 aromatic carbocycles. The molecule has 7 nitrogen and oxygen atoms in total. The SMILES string of the molecule is C/C(=N\OCc1c(Cl)cccc1-n1nnn(C)c1=O)c1ccccc1. The van der Waals surface area contributed by atoms with Crippen LogP contribution >= 0.6 is 11.6 Å². The van der Waals surface area contributed by atoms with Crippen LogP contribution in [0.1, 0.15) is 18.1 Å². The number of nitrogens with zero attached hydrogens (tertiary/aromatic N) is 5. The molecule has 0 amide bonds. The van der Waals surface area contributed by atoms with Gasteiger partial charge in [-0.3, -0.25) is 0 Å². The first kappa shape index (κ1) is 16.9. The third-order valence-corrected chi connectivity index (χ3v) is 4.00. The highest BCUT2D eigenvalue weighted by atomic mass is 35.5. The smallest absolute Gasteiger partial charge is 0.368 e. The van der Waals surface area contributed by atoms with Crippen LogP contribution in [0.25, 0.3) is 5.69 Å². The van der Waals surface area contributed by atoms with Crippen molar-refractivity contribution in [1.29, 1.82) is 0 Å². The van der Waals surface area contributed by atoms with Crippen molar-refractivity contribution in [2.24, 2.45) is 12.2 Å². The quantitative estimate of drug-likeness (QED) is 0.519. The monoisotopic (exact) mass is 357 g/mol. The van der Waals surface area contributed by atoms with Crippen LogP contribution in [0.2, 0.25) is 5.02 Å². The Morgan fingerprint density at radius 1 is 1.16 bits per heavy atom. The van der Waals surface area contributed by atoms with Crippen LogP contribution in [0.15, 0.2) is 58.5 Å². The minimum absolute atomic E-state index is 0.0994.